The summed E-state index contributed by atoms with van der Waals surface area (Å²) < 4.78 is 20.3. The van der Waals surface area contributed by atoms with Crippen molar-refractivity contribution in [2.75, 3.05) is 25.2 Å². The van der Waals surface area contributed by atoms with Crippen LogP contribution >= 0.6 is 0 Å². The molecule has 216 valence electrons. The summed E-state index contributed by atoms with van der Waals surface area (Å²) in [6.45, 7) is 2.56. The minimum atomic E-state index is -1.15. The van der Waals surface area contributed by atoms with E-state index in [0.29, 0.717) is 52.8 Å². The van der Waals surface area contributed by atoms with Gasteiger partial charge in [-0.15, -0.1) is 10.2 Å². The lowest BCUT2D eigenvalue weighted by Gasteiger charge is -2.30. The molecule has 0 unspecified atom stereocenters. The monoisotopic (exact) mass is 571 g/mol. The van der Waals surface area contributed by atoms with Crippen LogP contribution in [0.4, 0.5) is 5.69 Å². The van der Waals surface area contributed by atoms with E-state index in [1.807, 2.05) is 24.3 Å². The van der Waals surface area contributed by atoms with Gasteiger partial charge in [-0.05, 0) is 66.6 Å². The first-order valence-electron chi connectivity index (χ1n) is 13.5. The molecule has 6 rings (SSSR count). The van der Waals surface area contributed by atoms with E-state index in [1.54, 1.807) is 37.3 Å². The van der Waals surface area contributed by atoms with Crippen LogP contribution in [0.2, 0.25) is 0 Å². The van der Waals surface area contributed by atoms with Gasteiger partial charge in [0.1, 0.15) is 41.3 Å². The maximum Gasteiger partial charge on any atom is 0.251 e. The number of tetrazole rings is 1. The Morgan fingerprint density at radius 3 is 2.79 bits per heavy atom. The molecule has 42 heavy (non-hydrogen) atoms. The van der Waals surface area contributed by atoms with E-state index in [4.69, 9.17) is 13.9 Å². The van der Waals surface area contributed by atoms with Gasteiger partial charge in [0.2, 0.25) is 5.91 Å². The molecule has 1 aliphatic rings. The molecule has 2 atom stereocenters. The number of nitrogens with one attached hydrogen (secondary N) is 1. The number of amides is 2. The lowest BCUT2D eigenvalue weighted by molar-refractivity contribution is -0.127. The molecule has 14 nitrogen and oxygen atoms in total. The van der Waals surface area contributed by atoms with E-state index in [9.17, 15) is 9.59 Å². The second kappa shape index (κ2) is 11.8. The molecular formula is C28H29N9O5. The van der Waals surface area contributed by atoms with Crippen molar-refractivity contribution in [3.63, 3.8) is 0 Å². The first-order valence-corrected chi connectivity index (χ1v) is 13.5. The van der Waals surface area contributed by atoms with Crippen LogP contribution in [0.25, 0.3) is 16.7 Å². The lowest BCUT2D eigenvalue weighted by atomic mass is 10.1. The number of rotatable bonds is 10. The highest BCUT2D eigenvalue weighted by atomic mass is 16.5. The van der Waals surface area contributed by atoms with Crippen LogP contribution in [0.15, 0.2) is 65.3 Å². The predicted molar refractivity (Wildman–Crippen MR) is 149 cm³/mol. The summed E-state index contributed by atoms with van der Waals surface area (Å²) in [6, 6.07) is 14.7. The van der Waals surface area contributed by atoms with Crippen LogP contribution in [0.5, 0.6) is 5.75 Å². The highest BCUT2D eigenvalue weighted by Gasteiger charge is 2.36. The molecular weight excluding hydrogens is 542 g/mol. The predicted octanol–water partition coefficient (Wildman–Crippen LogP) is 2.39. The number of aryl methyl sites for hydroxylation is 1. The number of ether oxygens (including phenoxy) is 2. The van der Waals surface area contributed by atoms with E-state index >= 15 is 0 Å². The molecule has 2 amide bonds. The van der Waals surface area contributed by atoms with Crippen LogP contribution in [-0.2, 0) is 20.9 Å². The molecule has 0 spiro atoms. The normalized spacial score (nSPS) is 15.5. The molecule has 0 saturated carbocycles. The van der Waals surface area contributed by atoms with Gasteiger partial charge < -0.3 is 19.2 Å². The van der Waals surface area contributed by atoms with Gasteiger partial charge in [0.05, 0.1) is 18.7 Å². The Hall–Kier alpha value is -5.11. The van der Waals surface area contributed by atoms with E-state index in [0.717, 1.165) is 12.8 Å². The maximum atomic E-state index is 14.3. The van der Waals surface area contributed by atoms with Crippen molar-refractivity contribution >= 4 is 28.5 Å². The molecule has 1 saturated heterocycles. The number of aromatic nitrogens is 7. The largest absolute Gasteiger partial charge is 0.494 e. The molecule has 0 aliphatic carbocycles. The van der Waals surface area contributed by atoms with Gasteiger partial charge in [-0.3, -0.25) is 14.5 Å². The standard InChI is InChI=1S/C28H29N9O5/c1-18-9-12-24(42-18)27(28(39)29-15-20-6-5-13-41-20)37(26(38)16-35-22-8-4-3-7-21(22)31-33-35)19-10-11-23(25(14-19)40-2)36-17-30-32-34-36/h3-4,7-12,14,17,20,27H,5-6,13,15-16H2,1-2H3,(H,29,39)/t20-,27-/m0/s1. The third kappa shape index (κ3) is 5.43. The van der Waals surface area contributed by atoms with E-state index < -0.39 is 17.9 Å². The number of benzene rings is 2. The summed E-state index contributed by atoms with van der Waals surface area (Å²) >= 11 is 0. The van der Waals surface area contributed by atoms with Crippen molar-refractivity contribution in [2.45, 2.75) is 38.5 Å². The Labute approximate surface area is 240 Å². The summed E-state index contributed by atoms with van der Waals surface area (Å²) in [7, 11) is 1.50. The average Bonchev–Trinajstić information content (AvgIpc) is 3.83. The lowest BCUT2D eigenvalue weighted by Crippen LogP contribution is -2.46. The number of hydrogen-bond donors (Lipinski definition) is 1. The van der Waals surface area contributed by atoms with Crippen LogP contribution in [0.3, 0.4) is 0 Å². The van der Waals surface area contributed by atoms with Crippen LogP contribution < -0.4 is 15.0 Å². The summed E-state index contributed by atoms with van der Waals surface area (Å²) in [4.78, 5) is 29.6. The van der Waals surface area contributed by atoms with Crippen LogP contribution in [-0.4, -0.2) is 73.4 Å². The van der Waals surface area contributed by atoms with Gasteiger partial charge in [0, 0.05) is 24.9 Å². The quantitative estimate of drug-likeness (QED) is 0.264. The fourth-order valence-electron chi connectivity index (χ4n) is 5.04. The number of fused-ring (bicyclic) bond motifs is 1. The molecule has 0 bridgehead atoms. The van der Waals surface area contributed by atoms with Crippen molar-refractivity contribution in [2.24, 2.45) is 0 Å². The second-order valence-corrected chi connectivity index (χ2v) is 9.84. The summed E-state index contributed by atoms with van der Waals surface area (Å²) in [5.74, 6) is 0.452. The third-order valence-corrected chi connectivity index (χ3v) is 7.08. The topological polar surface area (TPSA) is 155 Å². The zero-order valence-corrected chi connectivity index (χ0v) is 23.1. The first-order chi connectivity index (χ1) is 20.5. The molecule has 5 aromatic rings. The van der Waals surface area contributed by atoms with Gasteiger partial charge in [0.15, 0.2) is 6.04 Å². The zero-order valence-electron chi connectivity index (χ0n) is 23.1. The Kier molecular flexibility index (Phi) is 7.60. The molecule has 0 radical (unpaired) electrons. The number of nitrogens with zero attached hydrogens (tertiary/aromatic N) is 8. The van der Waals surface area contributed by atoms with Crippen molar-refractivity contribution < 1.29 is 23.5 Å². The molecule has 1 N–H and O–H groups in total. The van der Waals surface area contributed by atoms with Gasteiger partial charge >= 0.3 is 0 Å². The SMILES string of the molecule is COc1cc(N(C(=O)Cn2nnc3ccccc32)[C@H](C(=O)NC[C@@H]2CCCO2)c2ccc(C)o2)ccc1-n1cnnn1. The minimum absolute atomic E-state index is 0.0886. The van der Waals surface area contributed by atoms with Crippen LogP contribution in [0.1, 0.15) is 30.4 Å². The molecule has 1 aliphatic heterocycles. The van der Waals surface area contributed by atoms with Crippen molar-refractivity contribution in [1.82, 2.24) is 40.5 Å². The van der Waals surface area contributed by atoms with Gasteiger partial charge in [-0.2, -0.15) is 4.68 Å². The fourth-order valence-corrected chi connectivity index (χ4v) is 5.04. The van der Waals surface area contributed by atoms with Gasteiger partial charge in [-0.1, -0.05) is 17.3 Å². The first kappa shape index (κ1) is 27.1. The Balaban J connectivity index is 1.42. The number of carbonyl (C=O) groups is 2. The summed E-state index contributed by atoms with van der Waals surface area (Å²) in [5, 5.41) is 22.7. The van der Waals surface area contributed by atoms with Crippen LogP contribution in [0, 0.1) is 6.92 Å². The Morgan fingerprint density at radius 1 is 1.17 bits per heavy atom. The number of anilines is 1. The minimum Gasteiger partial charge on any atom is -0.494 e. The molecule has 14 heteroatoms. The van der Waals surface area contributed by atoms with E-state index in [-0.39, 0.29) is 12.6 Å². The van der Waals surface area contributed by atoms with Crippen molar-refractivity contribution in [1.29, 1.82) is 0 Å². The van der Waals surface area contributed by atoms with Gasteiger partial charge in [0.25, 0.3) is 5.91 Å². The highest BCUT2D eigenvalue weighted by Crippen LogP contribution is 2.34. The molecule has 2 aromatic carbocycles. The Bertz CT molecular complexity index is 1690. The number of hydrogen-bond acceptors (Lipinski definition) is 10. The van der Waals surface area contributed by atoms with Crippen molar-refractivity contribution in [3.8, 4) is 11.4 Å². The zero-order chi connectivity index (χ0) is 29.1. The molecule has 1 fully saturated rings. The Morgan fingerprint density at radius 2 is 2.05 bits per heavy atom. The van der Waals surface area contributed by atoms with Gasteiger partial charge in [-0.25, -0.2) is 4.68 Å². The third-order valence-electron chi connectivity index (χ3n) is 7.08. The summed E-state index contributed by atoms with van der Waals surface area (Å²) in [5.41, 5.74) is 2.28. The number of carbonyl (C=O) groups excluding carboxylic acids is 2. The average molecular weight is 572 g/mol. The number of para-hydroxylation sites is 1. The number of furan rings is 1. The fraction of sp³-hybridized carbons (Fsp3) is 0.321. The summed E-state index contributed by atoms with van der Waals surface area (Å²) in [6.07, 6.45) is 3.13. The highest BCUT2D eigenvalue weighted by molar-refractivity contribution is 6.01. The number of methoxy groups -OCH3 is 1. The second-order valence-electron chi connectivity index (χ2n) is 9.84. The maximum absolute atomic E-state index is 14.3. The molecule has 3 aromatic heterocycles. The van der Waals surface area contributed by atoms with E-state index in [1.165, 1.54) is 27.7 Å². The van der Waals surface area contributed by atoms with Crippen molar-refractivity contribution in [3.05, 3.63) is 72.4 Å². The smallest absolute Gasteiger partial charge is 0.251 e. The molecule has 4 heterocycles. The van der Waals surface area contributed by atoms with E-state index in [2.05, 4.69) is 31.2 Å².